The van der Waals surface area contributed by atoms with Crippen molar-refractivity contribution in [3.8, 4) is 0 Å². The number of aliphatic imine (C=N–C) groups is 2. The summed E-state index contributed by atoms with van der Waals surface area (Å²) in [7, 11) is 0. The molecule has 0 saturated carbocycles. The molecule has 0 aliphatic heterocycles. The topological polar surface area (TPSA) is 37.6 Å². The zero-order valence-electron chi connectivity index (χ0n) is 25.5. The summed E-state index contributed by atoms with van der Waals surface area (Å²) in [6.45, 7) is 13.1. The molecule has 5 aromatic rings. The van der Waals surface area contributed by atoms with Crippen LogP contribution >= 0.6 is 0 Å². The molecule has 210 valence electrons. The average Bonchev–Trinajstić information content (AvgIpc) is 3.00. The van der Waals surface area contributed by atoms with Crippen molar-refractivity contribution in [2.75, 3.05) is 0 Å². The molecular weight excluding hydrogens is 510 g/mol. The van der Waals surface area contributed by atoms with Crippen molar-refractivity contribution in [3.63, 3.8) is 0 Å². The highest BCUT2D eigenvalue weighted by Gasteiger charge is 2.17. The van der Waals surface area contributed by atoms with Gasteiger partial charge < -0.3 is 0 Å². The molecule has 3 heteroatoms. The Hall–Kier alpha value is -4.63. The summed E-state index contributed by atoms with van der Waals surface area (Å²) in [4.78, 5) is 15.8. The number of nitrogens with zero attached hydrogens (tertiary/aromatic N) is 3. The van der Waals surface area contributed by atoms with Crippen molar-refractivity contribution in [1.82, 2.24) is 4.98 Å². The van der Waals surface area contributed by atoms with Crippen LogP contribution in [0.25, 0.3) is 0 Å². The Morgan fingerprint density at radius 3 is 1.29 bits per heavy atom. The van der Waals surface area contributed by atoms with Crippen LogP contribution in [-0.4, -0.2) is 16.4 Å². The number of pyridine rings is 1. The molecule has 0 amide bonds. The number of benzene rings is 4. The first-order chi connectivity index (χ1) is 20.3. The summed E-state index contributed by atoms with van der Waals surface area (Å²) < 4.78 is 0. The Bertz CT molecular complexity index is 1600. The number of hydrogen-bond acceptors (Lipinski definition) is 3. The molecule has 0 unspecified atom stereocenters. The molecule has 4 aromatic carbocycles. The van der Waals surface area contributed by atoms with Gasteiger partial charge in [-0.25, -0.2) is 15.0 Å². The third-order valence-electron chi connectivity index (χ3n) is 7.40. The molecule has 5 rings (SSSR count). The van der Waals surface area contributed by atoms with E-state index < -0.39 is 0 Å². The van der Waals surface area contributed by atoms with Crippen LogP contribution in [0.2, 0.25) is 0 Å². The lowest BCUT2D eigenvalue weighted by Crippen LogP contribution is -2.12. The van der Waals surface area contributed by atoms with Crippen molar-refractivity contribution in [2.24, 2.45) is 9.98 Å². The molecule has 0 N–H and O–H groups in total. The van der Waals surface area contributed by atoms with Crippen LogP contribution < -0.4 is 0 Å². The van der Waals surface area contributed by atoms with Crippen molar-refractivity contribution in [3.05, 3.63) is 160 Å². The molecule has 1 heterocycles. The predicted octanol–water partition coefficient (Wildman–Crippen LogP) is 10.3. The van der Waals surface area contributed by atoms with Crippen molar-refractivity contribution in [2.45, 2.75) is 53.4 Å². The van der Waals surface area contributed by atoms with Gasteiger partial charge in [-0.1, -0.05) is 130 Å². The Morgan fingerprint density at radius 1 is 0.500 bits per heavy atom. The van der Waals surface area contributed by atoms with Crippen LogP contribution in [0.3, 0.4) is 0 Å². The van der Waals surface area contributed by atoms with Gasteiger partial charge in [0.2, 0.25) is 0 Å². The highest BCUT2D eigenvalue weighted by molar-refractivity contribution is 6.16. The lowest BCUT2D eigenvalue weighted by molar-refractivity contribution is 0.865. The first kappa shape index (κ1) is 28.9. The standard InChI is InChI=1S/C39H39N3/c1-26(2)32-24-28(5)20-22-34(32)41-38(30-14-9-7-10-15-30)36-18-13-19-37(40-36)39(31-16-11-8-12-17-31)42-35-23-21-29(6)25-33(35)27(3)4/h7-27H,1-6H3. The first-order valence-electron chi connectivity index (χ1n) is 14.8. The zero-order chi connectivity index (χ0) is 29.6. The first-order valence-corrected chi connectivity index (χ1v) is 14.8. The van der Waals surface area contributed by atoms with Gasteiger partial charge in [-0.15, -0.1) is 0 Å². The summed E-state index contributed by atoms with van der Waals surface area (Å²) in [5.74, 6) is 0.697. The Labute approximate surface area is 250 Å². The van der Waals surface area contributed by atoms with Gasteiger partial charge in [-0.05, 0) is 61.1 Å². The third kappa shape index (κ3) is 6.63. The Morgan fingerprint density at radius 2 is 0.905 bits per heavy atom. The summed E-state index contributed by atoms with van der Waals surface area (Å²) in [6, 6.07) is 39.8. The van der Waals surface area contributed by atoms with E-state index in [1.54, 1.807) is 0 Å². The van der Waals surface area contributed by atoms with Crippen molar-refractivity contribution >= 4 is 22.8 Å². The monoisotopic (exact) mass is 549 g/mol. The van der Waals surface area contributed by atoms with E-state index in [4.69, 9.17) is 15.0 Å². The highest BCUT2D eigenvalue weighted by atomic mass is 14.8. The minimum atomic E-state index is 0.349. The number of rotatable bonds is 8. The van der Waals surface area contributed by atoms with E-state index in [2.05, 4.69) is 133 Å². The summed E-state index contributed by atoms with van der Waals surface area (Å²) >= 11 is 0. The minimum absolute atomic E-state index is 0.349. The van der Waals surface area contributed by atoms with Gasteiger partial charge in [0, 0.05) is 11.1 Å². The fraction of sp³-hybridized carbons (Fsp3) is 0.205. The van der Waals surface area contributed by atoms with E-state index in [-0.39, 0.29) is 0 Å². The van der Waals surface area contributed by atoms with E-state index in [9.17, 15) is 0 Å². The van der Waals surface area contributed by atoms with Gasteiger partial charge in [-0.3, -0.25) is 0 Å². The molecule has 42 heavy (non-hydrogen) atoms. The fourth-order valence-corrected chi connectivity index (χ4v) is 5.15. The third-order valence-corrected chi connectivity index (χ3v) is 7.40. The Kier molecular flexibility index (Phi) is 8.88. The second-order valence-electron chi connectivity index (χ2n) is 11.5. The normalized spacial score (nSPS) is 12.3. The lowest BCUT2D eigenvalue weighted by atomic mass is 9.98. The molecule has 0 aliphatic rings. The smallest absolute Gasteiger partial charge is 0.0966 e. The van der Waals surface area contributed by atoms with Gasteiger partial charge in [-0.2, -0.15) is 0 Å². The van der Waals surface area contributed by atoms with Gasteiger partial charge in [0.05, 0.1) is 34.2 Å². The zero-order valence-corrected chi connectivity index (χ0v) is 25.5. The van der Waals surface area contributed by atoms with E-state index in [0.717, 1.165) is 45.3 Å². The average molecular weight is 550 g/mol. The van der Waals surface area contributed by atoms with Crippen LogP contribution in [0.4, 0.5) is 11.4 Å². The predicted molar refractivity (Wildman–Crippen MR) is 178 cm³/mol. The van der Waals surface area contributed by atoms with Crippen molar-refractivity contribution in [1.29, 1.82) is 0 Å². The summed E-state index contributed by atoms with van der Waals surface area (Å²) in [5.41, 5.74) is 12.2. The number of hydrogen-bond donors (Lipinski definition) is 0. The minimum Gasteiger partial charge on any atom is -0.246 e. The fourth-order valence-electron chi connectivity index (χ4n) is 5.15. The summed E-state index contributed by atoms with van der Waals surface area (Å²) in [6.07, 6.45) is 0. The molecule has 0 aliphatic carbocycles. The SMILES string of the molecule is Cc1ccc(N=C(c2ccccc2)c2cccc(C(=Nc3ccc(C)cc3C(C)C)c3ccccc3)n2)c(C(C)C)c1. The van der Waals surface area contributed by atoms with Crippen LogP contribution in [0, 0.1) is 13.8 Å². The molecule has 1 aromatic heterocycles. The molecule has 0 saturated heterocycles. The highest BCUT2D eigenvalue weighted by Crippen LogP contribution is 2.31. The van der Waals surface area contributed by atoms with Crippen LogP contribution in [0.1, 0.15) is 84.3 Å². The second kappa shape index (κ2) is 12.9. The Balaban J connectivity index is 1.71. The maximum absolute atomic E-state index is 5.28. The largest absolute Gasteiger partial charge is 0.246 e. The van der Waals surface area contributed by atoms with Crippen LogP contribution in [-0.2, 0) is 0 Å². The van der Waals surface area contributed by atoms with Gasteiger partial charge in [0.15, 0.2) is 0 Å². The maximum Gasteiger partial charge on any atom is 0.0966 e. The lowest BCUT2D eigenvalue weighted by Gasteiger charge is -2.15. The van der Waals surface area contributed by atoms with E-state index in [1.165, 1.54) is 22.3 Å². The molecular formula is C39H39N3. The van der Waals surface area contributed by atoms with E-state index >= 15 is 0 Å². The van der Waals surface area contributed by atoms with Crippen molar-refractivity contribution < 1.29 is 0 Å². The van der Waals surface area contributed by atoms with Gasteiger partial charge in [0.1, 0.15) is 0 Å². The molecule has 3 nitrogen and oxygen atoms in total. The van der Waals surface area contributed by atoms with E-state index in [0.29, 0.717) is 11.8 Å². The second-order valence-corrected chi connectivity index (χ2v) is 11.5. The molecule has 0 bridgehead atoms. The summed E-state index contributed by atoms with van der Waals surface area (Å²) in [5, 5.41) is 0. The van der Waals surface area contributed by atoms with Gasteiger partial charge >= 0.3 is 0 Å². The molecule has 0 radical (unpaired) electrons. The molecule has 0 fully saturated rings. The number of aryl methyl sites for hydroxylation is 2. The van der Waals surface area contributed by atoms with Gasteiger partial charge in [0.25, 0.3) is 0 Å². The quantitative estimate of drug-likeness (QED) is 0.177. The maximum atomic E-state index is 5.28. The number of aromatic nitrogens is 1. The van der Waals surface area contributed by atoms with Crippen LogP contribution in [0.5, 0.6) is 0 Å². The van der Waals surface area contributed by atoms with E-state index in [1.807, 2.05) is 24.3 Å². The molecule has 0 atom stereocenters. The molecule has 0 spiro atoms. The van der Waals surface area contributed by atoms with Crippen LogP contribution in [0.15, 0.2) is 125 Å².